The molecule has 0 spiro atoms. The molecule has 2 aromatic rings. The van der Waals surface area contributed by atoms with Crippen LogP contribution in [0.15, 0.2) is 18.3 Å². The van der Waals surface area contributed by atoms with Gasteiger partial charge in [-0.1, -0.05) is 6.08 Å². The second-order valence-corrected chi connectivity index (χ2v) is 6.53. The molecule has 0 bridgehead atoms. The van der Waals surface area contributed by atoms with E-state index in [9.17, 15) is 4.79 Å². The fourth-order valence-electron chi connectivity index (χ4n) is 3.60. The van der Waals surface area contributed by atoms with Gasteiger partial charge in [0.25, 0.3) is 0 Å². The molecule has 3 heterocycles. The average molecular weight is 327 g/mol. The van der Waals surface area contributed by atoms with Crippen LogP contribution < -0.4 is 0 Å². The lowest BCUT2D eigenvalue weighted by Crippen LogP contribution is -2.37. The Balaban J connectivity index is 1.75. The molecule has 1 aliphatic heterocycles. The van der Waals surface area contributed by atoms with E-state index in [-0.39, 0.29) is 11.8 Å². The summed E-state index contributed by atoms with van der Waals surface area (Å²) in [5.41, 5.74) is 5.47. The van der Waals surface area contributed by atoms with Gasteiger partial charge < -0.3 is 4.90 Å². The summed E-state index contributed by atoms with van der Waals surface area (Å²) in [6.07, 6.45) is 4.82. The van der Waals surface area contributed by atoms with Gasteiger partial charge in [-0.05, 0) is 38.8 Å². The van der Waals surface area contributed by atoms with Crippen LogP contribution in [0, 0.1) is 13.8 Å². The van der Waals surface area contributed by atoms with Gasteiger partial charge in [-0.15, -0.1) is 0 Å². The minimum atomic E-state index is -0.162. The summed E-state index contributed by atoms with van der Waals surface area (Å²) in [6, 6.07) is 2.02. The van der Waals surface area contributed by atoms with Crippen molar-refractivity contribution in [2.75, 3.05) is 13.1 Å². The van der Waals surface area contributed by atoms with E-state index in [1.807, 2.05) is 61.4 Å². The molecule has 2 aromatic heterocycles. The lowest BCUT2D eigenvalue weighted by molar-refractivity contribution is -0.132. The van der Waals surface area contributed by atoms with Gasteiger partial charge in [0.2, 0.25) is 5.91 Å². The van der Waals surface area contributed by atoms with Gasteiger partial charge in [0.15, 0.2) is 0 Å². The molecule has 6 heteroatoms. The topological polar surface area (TPSA) is 56.0 Å². The van der Waals surface area contributed by atoms with Crippen LogP contribution >= 0.6 is 0 Å². The minimum Gasteiger partial charge on any atom is -0.338 e. The predicted molar refractivity (Wildman–Crippen MR) is 93.5 cm³/mol. The molecule has 1 aliphatic rings. The van der Waals surface area contributed by atoms with E-state index < -0.39 is 0 Å². The Kier molecular flexibility index (Phi) is 4.30. The summed E-state index contributed by atoms with van der Waals surface area (Å²) in [5.74, 6) is 0.0138. The number of hydrogen-bond acceptors (Lipinski definition) is 3. The summed E-state index contributed by atoms with van der Waals surface area (Å²) < 4.78 is 3.74. The van der Waals surface area contributed by atoms with E-state index in [1.54, 1.807) is 0 Å². The number of aromatic nitrogens is 4. The molecular weight excluding hydrogens is 302 g/mol. The van der Waals surface area contributed by atoms with Crippen LogP contribution in [0.2, 0.25) is 0 Å². The standard InChI is InChI=1S/C18H25N5O/c1-12(17-13(2)20-21(4)14(17)3)18(24)23-10-7-15(8-11-23)16-6-9-19-22(16)5/h6-7,9,12H,8,10-11H2,1-5H3. The first-order valence-electron chi connectivity index (χ1n) is 8.36. The third-order valence-electron chi connectivity index (χ3n) is 5.04. The fraction of sp³-hybridized carbons (Fsp3) is 0.500. The summed E-state index contributed by atoms with van der Waals surface area (Å²) >= 11 is 0. The Bertz CT molecular complexity index is 798. The molecule has 128 valence electrons. The van der Waals surface area contributed by atoms with Crippen LogP contribution in [0.1, 0.15) is 41.9 Å². The zero-order chi connectivity index (χ0) is 17.4. The molecule has 0 radical (unpaired) electrons. The van der Waals surface area contributed by atoms with Crippen molar-refractivity contribution in [3.63, 3.8) is 0 Å². The van der Waals surface area contributed by atoms with Crippen molar-refractivity contribution in [1.29, 1.82) is 0 Å². The molecule has 0 fully saturated rings. The molecule has 24 heavy (non-hydrogen) atoms. The molecule has 0 saturated heterocycles. The number of rotatable bonds is 3. The molecule has 3 rings (SSSR count). The van der Waals surface area contributed by atoms with Gasteiger partial charge in [-0.2, -0.15) is 10.2 Å². The van der Waals surface area contributed by atoms with Crippen molar-refractivity contribution in [2.24, 2.45) is 14.1 Å². The molecule has 1 atom stereocenters. The third-order valence-corrected chi connectivity index (χ3v) is 5.04. The first-order valence-corrected chi connectivity index (χ1v) is 8.36. The summed E-state index contributed by atoms with van der Waals surface area (Å²) in [5, 5.41) is 8.66. The van der Waals surface area contributed by atoms with Crippen molar-refractivity contribution in [2.45, 2.75) is 33.1 Å². The second-order valence-electron chi connectivity index (χ2n) is 6.53. The van der Waals surface area contributed by atoms with Gasteiger partial charge in [0.05, 0.1) is 17.3 Å². The average Bonchev–Trinajstić information content (AvgIpc) is 3.10. The van der Waals surface area contributed by atoms with Crippen LogP contribution in [0.25, 0.3) is 5.57 Å². The Morgan fingerprint density at radius 3 is 2.50 bits per heavy atom. The Labute approximate surface area is 142 Å². The Morgan fingerprint density at radius 2 is 2.00 bits per heavy atom. The first-order chi connectivity index (χ1) is 11.4. The maximum atomic E-state index is 12.9. The Morgan fingerprint density at radius 1 is 1.25 bits per heavy atom. The van der Waals surface area contributed by atoms with Crippen LogP contribution in [0.3, 0.4) is 0 Å². The number of carbonyl (C=O) groups is 1. The van der Waals surface area contributed by atoms with Crippen LogP contribution in [-0.2, 0) is 18.9 Å². The maximum Gasteiger partial charge on any atom is 0.230 e. The molecule has 1 amide bonds. The number of aryl methyl sites for hydroxylation is 3. The Hall–Kier alpha value is -2.37. The van der Waals surface area contributed by atoms with E-state index in [0.29, 0.717) is 6.54 Å². The zero-order valence-electron chi connectivity index (χ0n) is 15.1. The van der Waals surface area contributed by atoms with Crippen LogP contribution in [0.5, 0.6) is 0 Å². The SMILES string of the molecule is Cc1nn(C)c(C)c1C(C)C(=O)N1CC=C(c2ccnn2C)CC1. The van der Waals surface area contributed by atoms with E-state index in [4.69, 9.17) is 0 Å². The number of carbonyl (C=O) groups excluding carboxylic acids is 1. The first kappa shape index (κ1) is 16.5. The molecule has 1 unspecified atom stereocenters. The highest BCUT2D eigenvalue weighted by Crippen LogP contribution is 2.27. The van der Waals surface area contributed by atoms with Crippen molar-refractivity contribution in [3.05, 3.63) is 41.0 Å². The van der Waals surface area contributed by atoms with E-state index >= 15 is 0 Å². The lowest BCUT2D eigenvalue weighted by Gasteiger charge is -2.29. The largest absolute Gasteiger partial charge is 0.338 e. The third kappa shape index (κ3) is 2.77. The number of hydrogen-bond donors (Lipinski definition) is 0. The highest BCUT2D eigenvalue weighted by Gasteiger charge is 2.28. The fourth-order valence-corrected chi connectivity index (χ4v) is 3.60. The normalized spacial score (nSPS) is 16.2. The van der Waals surface area contributed by atoms with Crippen molar-refractivity contribution in [1.82, 2.24) is 24.5 Å². The molecule has 0 aromatic carbocycles. The minimum absolute atomic E-state index is 0.162. The van der Waals surface area contributed by atoms with Crippen LogP contribution in [-0.4, -0.2) is 43.5 Å². The summed E-state index contributed by atoms with van der Waals surface area (Å²) in [6.45, 7) is 7.39. The molecule has 0 N–H and O–H groups in total. The van der Waals surface area contributed by atoms with Gasteiger partial charge in [0.1, 0.15) is 0 Å². The number of nitrogens with zero attached hydrogens (tertiary/aromatic N) is 5. The summed E-state index contributed by atoms with van der Waals surface area (Å²) in [4.78, 5) is 14.9. The van der Waals surface area contributed by atoms with E-state index in [2.05, 4.69) is 16.3 Å². The molecular formula is C18H25N5O. The zero-order valence-corrected chi connectivity index (χ0v) is 15.1. The van der Waals surface area contributed by atoms with Crippen molar-refractivity contribution >= 4 is 11.5 Å². The lowest BCUT2D eigenvalue weighted by atomic mass is 9.96. The monoisotopic (exact) mass is 327 g/mol. The van der Waals surface area contributed by atoms with E-state index in [1.165, 1.54) is 5.57 Å². The van der Waals surface area contributed by atoms with Gasteiger partial charge in [-0.3, -0.25) is 14.2 Å². The van der Waals surface area contributed by atoms with Crippen molar-refractivity contribution in [3.8, 4) is 0 Å². The number of amides is 1. The molecule has 0 aliphatic carbocycles. The van der Waals surface area contributed by atoms with Gasteiger partial charge in [0, 0.05) is 44.6 Å². The van der Waals surface area contributed by atoms with Crippen LogP contribution in [0.4, 0.5) is 0 Å². The summed E-state index contributed by atoms with van der Waals surface area (Å²) in [7, 11) is 3.87. The maximum absolute atomic E-state index is 12.9. The quantitative estimate of drug-likeness (QED) is 0.868. The highest BCUT2D eigenvalue weighted by molar-refractivity contribution is 5.85. The van der Waals surface area contributed by atoms with Gasteiger partial charge in [-0.25, -0.2) is 0 Å². The predicted octanol–water partition coefficient (Wildman–Crippen LogP) is 2.19. The smallest absolute Gasteiger partial charge is 0.230 e. The molecule has 0 saturated carbocycles. The van der Waals surface area contributed by atoms with Crippen molar-refractivity contribution < 1.29 is 4.79 Å². The second kappa shape index (κ2) is 6.26. The van der Waals surface area contributed by atoms with Gasteiger partial charge >= 0.3 is 0 Å². The van der Waals surface area contributed by atoms with E-state index in [0.717, 1.165) is 35.6 Å². The highest BCUT2D eigenvalue weighted by atomic mass is 16.2. The molecule has 6 nitrogen and oxygen atoms in total.